The lowest BCUT2D eigenvalue weighted by molar-refractivity contribution is -0.205. The Hall–Kier alpha value is -1.91. The van der Waals surface area contributed by atoms with Crippen molar-refractivity contribution in [2.24, 2.45) is 0 Å². The Morgan fingerprint density at radius 1 is 1.33 bits per heavy atom. The summed E-state index contributed by atoms with van der Waals surface area (Å²) in [5.74, 6) is -1.95. The van der Waals surface area contributed by atoms with Gasteiger partial charge in [0.25, 0.3) is 0 Å². The molecular weight excluding hydrogens is 236 g/mol. The number of esters is 1. The summed E-state index contributed by atoms with van der Waals surface area (Å²) in [6.07, 6.45) is 3.77. The lowest BCUT2D eigenvalue weighted by atomic mass is 10.1. The number of carbonyl (C=O) groups excluding carboxylic acids is 3. The predicted molar refractivity (Wildman–Crippen MR) is 63.4 cm³/mol. The minimum absolute atomic E-state index is 0.0815. The topological polar surface area (TPSA) is 69.7 Å². The van der Waals surface area contributed by atoms with Gasteiger partial charge in [-0.1, -0.05) is 6.08 Å². The average molecular weight is 252 g/mol. The highest BCUT2D eigenvalue weighted by atomic mass is 16.7. The zero-order valence-electron chi connectivity index (χ0n) is 10.7. The van der Waals surface area contributed by atoms with Crippen LogP contribution in [0.4, 0.5) is 0 Å². The van der Waals surface area contributed by atoms with Crippen LogP contribution >= 0.6 is 0 Å². The highest BCUT2D eigenvalue weighted by molar-refractivity contribution is 6.05. The first-order chi connectivity index (χ1) is 8.32. The number of hydrogen-bond acceptors (Lipinski definition) is 5. The molecule has 0 aliphatic carbocycles. The lowest BCUT2D eigenvalue weighted by Gasteiger charge is -2.30. The van der Waals surface area contributed by atoms with E-state index >= 15 is 0 Å². The van der Waals surface area contributed by atoms with Crippen LogP contribution in [0.25, 0.3) is 0 Å². The van der Waals surface area contributed by atoms with Gasteiger partial charge in [-0.05, 0) is 13.0 Å². The minimum atomic E-state index is -1.07. The Balaban J connectivity index is 2.60. The van der Waals surface area contributed by atoms with Crippen LogP contribution in [0.1, 0.15) is 33.6 Å². The Labute approximate surface area is 105 Å². The Kier molecular flexibility index (Phi) is 4.42. The molecule has 0 unspecified atom stereocenters. The van der Waals surface area contributed by atoms with Gasteiger partial charge in [0.05, 0.1) is 18.9 Å². The zero-order chi connectivity index (χ0) is 13.8. The fraction of sp³-hybridized carbons (Fsp3) is 0.462. The first-order valence-electron chi connectivity index (χ1n) is 5.62. The van der Waals surface area contributed by atoms with Crippen LogP contribution in [0.2, 0.25) is 0 Å². The normalized spacial score (nSPS) is 17.9. The molecule has 1 rings (SSSR count). The Morgan fingerprint density at radius 2 is 2.00 bits per heavy atom. The smallest absolute Gasteiger partial charge is 0.337 e. The molecule has 0 N–H and O–H groups in total. The van der Waals surface area contributed by atoms with Crippen LogP contribution in [-0.2, 0) is 23.9 Å². The maximum absolute atomic E-state index is 11.6. The highest BCUT2D eigenvalue weighted by Crippen LogP contribution is 2.24. The van der Waals surface area contributed by atoms with E-state index in [2.05, 4.69) is 0 Å². The molecule has 0 aromatic rings. The van der Waals surface area contributed by atoms with E-state index in [-0.39, 0.29) is 30.2 Å². The SMILES string of the molecule is C/C=C/C(=O)CC(=O)CC1=CC(=O)OC(C)(C)O1. The largest absolute Gasteiger partial charge is 0.456 e. The molecule has 0 saturated heterocycles. The van der Waals surface area contributed by atoms with Gasteiger partial charge in [-0.2, -0.15) is 0 Å². The molecule has 0 fully saturated rings. The van der Waals surface area contributed by atoms with Crippen LogP contribution in [-0.4, -0.2) is 23.3 Å². The monoisotopic (exact) mass is 252 g/mol. The van der Waals surface area contributed by atoms with E-state index in [0.29, 0.717) is 0 Å². The van der Waals surface area contributed by atoms with Crippen LogP contribution < -0.4 is 0 Å². The Bertz CT molecular complexity index is 429. The van der Waals surface area contributed by atoms with Gasteiger partial charge in [-0.15, -0.1) is 0 Å². The number of rotatable bonds is 5. The van der Waals surface area contributed by atoms with E-state index in [0.717, 1.165) is 6.08 Å². The molecular formula is C13H16O5. The van der Waals surface area contributed by atoms with Crippen molar-refractivity contribution in [3.05, 3.63) is 24.0 Å². The van der Waals surface area contributed by atoms with Crippen molar-refractivity contribution in [3.8, 4) is 0 Å². The van der Waals surface area contributed by atoms with E-state index in [1.54, 1.807) is 26.8 Å². The van der Waals surface area contributed by atoms with Gasteiger partial charge in [0.1, 0.15) is 11.5 Å². The molecule has 0 spiro atoms. The summed E-state index contributed by atoms with van der Waals surface area (Å²) in [6, 6.07) is 0. The molecule has 0 radical (unpaired) electrons. The van der Waals surface area contributed by atoms with Gasteiger partial charge in [-0.25, -0.2) is 4.79 Å². The van der Waals surface area contributed by atoms with E-state index in [4.69, 9.17) is 9.47 Å². The molecule has 0 aromatic heterocycles. The second kappa shape index (κ2) is 5.62. The molecule has 1 aliphatic heterocycles. The van der Waals surface area contributed by atoms with Gasteiger partial charge in [0.2, 0.25) is 5.79 Å². The van der Waals surface area contributed by atoms with Crippen molar-refractivity contribution < 1.29 is 23.9 Å². The number of Topliss-reactive ketones (excluding diaryl/α,β-unsaturated/α-hetero) is 1. The van der Waals surface area contributed by atoms with Crippen molar-refractivity contribution in [2.45, 2.75) is 39.4 Å². The van der Waals surface area contributed by atoms with Crippen LogP contribution in [0.5, 0.6) is 0 Å². The molecule has 1 aliphatic rings. The molecule has 18 heavy (non-hydrogen) atoms. The summed E-state index contributed by atoms with van der Waals surface area (Å²) in [4.78, 5) is 34.0. The maximum Gasteiger partial charge on any atom is 0.337 e. The average Bonchev–Trinajstić information content (AvgIpc) is 2.12. The van der Waals surface area contributed by atoms with E-state index < -0.39 is 11.8 Å². The molecule has 1 heterocycles. The number of ketones is 2. The molecule has 0 saturated carbocycles. The van der Waals surface area contributed by atoms with Gasteiger partial charge in [0.15, 0.2) is 5.78 Å². The number of cyclic esters (lactones) is 1. The van der Waals surface area contributed by atoms with Crippen LogP contribution in [0.15, 0.2) is 24.0 Å². The van der Waals surface area contributed by atoms with Crippen molar-refractivity contribution >= 4 is 17.5 Å². The molecule has 0 aromatic carbocycles. The predicted octanol–water partition coefficient (Wildman–Crippen LogP) is 1.67. The standard InChI is InChI=1S/C13H16O5/c1-4-5-9(14)6-10(15)7-11-8-12(16)18-13(2,3)17-11/h4-5,8H,6-7H2,1-3H3/b5-4+. The number of ether oxygens (including phenoxy) is 2. The second-order valence-electron chi connectivity index (χ2n) is 4.39. The summed E-state index contributed by atoms with van der Waals surface area (Å²) in [6.45, 7) is 4.86. The van der Waals surface area contributed by atoms with Gasteiger partial charge in [0, 0.05) is 13.8 Å². The third-order valence-corrected chi connectivity index (χ3v) is 2.10. The van der Waals surface area contributed by atoms with Crippen molar-refractivity contribution in [3.63, 3.8) is 0 Å². The third-order valence-electron chi connectivity index (χ3n) is 2.10. The fourth-order valence-electron chi connectivity index (χ4n) is 1.55. The Morgan fingerprint density at radius 3 is 2.56 bits per heavy atom. The maximum atomic E-state index is 11.6. The van der Waals surface area contributed by atoms with Crippen molar-refractivity contribution in [1.29, 1.82) is 0 Å². The zero-order valence-corrected chi connectivity index (χ0v) is 10.7. The minimum Gasteiger partial charge on any atom is -0.456 e. The van der Waals surface area contributed by atoms with E-state index in [1.807, 2.05) is 0 Å². The van der Waals surface area contributed by atoms with Gasteiger partial charge >= 0.3 is 5.97 Å². The summed E-state index contributed by atoms with van der Waals surface area (Å²) < 4.78 is 10.2. The van der Waals surface area contributed by atoms with Crippen molar-refractivity contribution in [1.82, 2.24) is 0 Å². The van der Waals surface area contributed by atoms with Crippen LogP contribution in [0.3, 0.4) is 0 Å². The molecule has 5 heteroatoms. The van der Waals surface area contributed by atoms with Crippen LogP contribution in [0, 0.1) is 0 Å². The molecule has 0 atom stereocenters. The van der Waals surface area contributed by atoms with E-state index in [1.165, 1.54) is 6.08 Å². The number of carbonyl (C=O) groups is 3. The first-order valence-corrected chi connectivity index (χ1v) is 5.62. The molecule has 0 bridgehead atoms. The second-order valence-corrected chi connectivity index (χ2v) is 4.39. The summed E-state index contributed by atoms with van der Waals surface area (Å²) in [5, 5.41) is 0. The fourth-order valence-corrected chi connectivity index (χ4v) is 1.55. The van der Waals surface area contributed by atoms with Crippen molar-refractivity contribution in [2.75, 3.05) is 0 Å². The third kappa shape index (κ3) is 4.53. The first kappa shape index (κ1) is 14.2. The summed E-state index contributed by atoms with van der Waals surface area (Å²) in [5.41, 5.74) is 0. The van der Waals surface area contributed by atoms with Gasteiger partial charge in [-0.3, -0.25) is 9.59 Å². The summed E-state index contributed by atoms with van der Waals surface area (Å²) >= 11 is 0. The molecule has 98 valence electrons. The van der Waals surface area contributed by atoms with E-state index in [9.17, 15) is 14.4 Å². The molecule has 5 nitrogen and oxygen atoms in total. The summed E-state index contributed by atoms with van der Waals surface area (Å²) in [7, 11) is 0. The number of allylic oxidation sites excluding steroid dienone is 3. The van der Waals surface area contributed by atoms with Gasteiger partial charge < -0.3 is 9.47 Å². The molecule has 0 amide bonds. The highest BCUT2D eigenvalue weighted by Gasteiger charge is 2.30. The lowest BCUT2D eigenvalue weighted by Crippen LogP contribution is -2.34. The quantitative estimate of drug-likeness (QED) is 0.423. The number of hydrogen-bond donors (Lipinski definition) is 0.